The lowest BCUT2D eigenvalue weighted by Gasteiger charge is -2.32. The van der Waals surface area contributed by atoms with Crippen molar-refractivity contribution in [3.8, 4) is 0 Å². The Morgan fingerprint density at radius 2 is 1.93 bits per heavy atom. The molecule has 152 valence electrons. The maximum Gasteiger partial charge on any atom is 0.243 e. The van der Waals surface area contributed by atoms with Crippen LogP contribution in [0.1, 0.15) is 39.5 Å². The summed E-state index contributed by atoms with van der Waals surface area (Å²) in [5, 5.41) is 14.7. The molecule has 27 heavy (non-hydrogen) atoms. The highest BCUT2D eigenvalue weighted by atomic mass is 16.3. The second-order valence-electron chi connectivity index (χ2n) is 7.54. The lowest BCUT2D eigenvalue weighted by Crippen LogP contribution is -2.48. The first-order valence-corrected chi connectivity index (χ1v) is 10.1. The van der Waals surface area contributed by atoms with E-state index in [4.69, 9.17) is 5.11 Å². The zero-order valence-corrected chi connectivity index (χ0v) is 16.6. The highest BCUT2D eigenvalue weighted by molar-refractivity contribution is 5.96. The van der Waals surface area contributed by atoms with Crippen molar-refractivity contribution in [3.05, 3.63) is 12.2 Å². The molecular formula is C20H33N3O4. The van der Waals surface area contributed by atoms with Gasteiger partial charge in [0.25, 0.3) is 0 Å². The maximum absolute atomic E-state index is 13.2. The van der Waals surface area contributed by atoms with E-state index >= 15 is 0 Å². The van der Waals surface area contributed by atoms with Crippen molar-refractivity contribution in [1.82, 2.24) is 15.5 Å². The molecule has 5 atom stereocenters. The fourth-order valence-corrected chi connectivity index (χ4v) is 4.29. The van der Waals surface area contributed by atoms with E-state index in [2.05, 4.69) is 17.6 Å². The summed E-state index contributed by atoms with van der Waals surface area (Å²) in [6.07, 6.45) is 6.98. The molecule has 3 N–H and O–H groups in total. The van der Waals surface area contributed by atoms with Crippen LogP contribution in [-0.2, 0) is 14.4 Å². The Bertz CT molecular complexity index is 578. The molecule has 1 aliphatic heterocycles. The third kappa shape index (κ3) is 4.51. The fraction of sp³-hybridized carbons (Fsp3) is 0.750. The Kier molecular flexibility index (Phi) is 7.83. The van der Waals surface area contributed by atoms with Gasteiger partial charge in [-0.1, -0.05) is 32.4 Å². The predicted molar refractivity (Wildman–Crippen MR) is 103 cm³/mol. The monoisotopic (exact) mass is 379 g/mol. The van der Waals surface area contributed by atoms with E-state index in [-0.39, 0.29) is 36.2 Å². The minimum atomic E-state index is -0.589. The van der Waals surface area contributed by atoms with Gasteiger partial charge < -0.3 is 20.6 Å². The third-order valence-corrected chi connectivity index (χ3v) is 5.73. The molecular weight excluding hydrogens is 346 g/mol. The normalized spacial score (nSPS) is 29.6. The van der Waals surface area contributed by atoms with E-state index in [1.807, 2.05) is 19.1 Å². The van der Waals surface area contributed by atoms with Gasteiger partial charge >= 0.3 is 0 Å². The highest BCUT2D eigenvalue weighted by Gasteiger charge is 2.56. The lowest BCUT2D eigenvalue weighted by molar-refractivity contribution is -0.140. The van der Waals surface area contributed by atoms with Crippen molar-refractivity contribution in [2.45, 2.75) is 45.6 Å². The van der Waals surface area contributed by atoms with Gasteiger partial charge in [0.1, 0.15) is 6.04 Å². The van der Waals surface area contributed by atoms with Gasteiger partial charge in [0.15, 0.2) is 0 Å². The van der Waals surface area contributed by atoms with Crippen LogP contribution in [0.5, 0.6) is 0 Å². The van der Waals surface area contributed by atoms with Crippen molar-refractivity contribution >= 4 is 17.7 Å². The van der Waals surface area contributed by atoms with E-state index in [1.54, 1.807) is 11.9 Å². The van der Waals surface area contributed by atoms with Gasteiger partial charge in [-0.2, -0.15) is 0 Å². The summed E-state index contributed by atoms with van der Waals surface area (Å²) in [5.41, 5.74) is 0. The van der Waals surface area contributed by atoms with Crippen LogP contribution in [-0.4, -0.2) is 60.5 Å². The maximum atomic E-state index is 13.2. The van der Waals surface area contributed by atoms with Crippen LogP contribution in [0.4, 0.5) is 0 Å². The first-order valence-electron chi connectivity index (χ1n) is 10.1. The second kappa shape index (κ2) is 9.88. The molecule has 0 unspecified atom stereocenters. The molecule has 0 spiro atoms. The van der Waals surface area contributed by atoms with Gasteiger partial charge in [-0.3, -0.25) is 14.4 Å². The van der Waals surface area contributed by atoms with Crippen molar-refractivity contribution in [1.29, 1.82) is 0 Å². The molecule has 1 heterocycles. The zero-order valence-electron chi connectivity index (χ0n) is 16.6. The van der Waals surface area contributed by atoms with E-state index in [1.165, 1.54) is 0 Å². The van der Waals surface area contributed by atoms with Crippen LogP contribution in [0.3, 0.4) is 0 Å². The van der Waals surface area contributed by atoms with Gasteiger partial charge in [-0.15, -0.1) is 0 Å². The summed E-state index contributed by atoms with van der Waals surface area (Å²) in [5.74, 6) is -1.77. The number of carbonyl (C=O) groups excluding carboxylic acids is 3. The second-order valence-corrected chi connectivity index (χ2v) is 7.54. The number of aliphatic hydroxyl groups is 1. The Hall–Kier alpha value is -1.89. The summed E-state index contributed by atoms with van der Waals surface area (Å²) < 4.78 is 0. The molecule has 1 saturated heterocycles. The molecule has 7 heteroatoms. The standard InChI is InChI=1S/C20H33N3O4/c1-4-5-10-22-19(26)17-14-9-8-13(2)15(18(25)21-3)16(14)20(27)23(17)11-6-7-12-24/h8-9,13-17,24H,4-7,10-12H2,1-3H3,(H,21,25)(H,22,26)/t13-,14+,15-,16+,17+/m1/s1. The van der Waals surface area contributed by atoms with Gasteiger partial charge in [0, 0.05) is 32.7 Å². The number of hydrogen-bond donors (Lipinski definition) is 3. The molecule has 2 aliphatic rings. The number of carbonyl (C=O) groups is 3. The number of nitrogens with one attached hydrogen (secondary N) is 2. The molecule has 1 aliphatic carbocycles. The Balaban J connectivity index is 2.30. The van der Waals surface area contributed by atoms with Crippen molar-refractivity contribution in [2.24, 2.45) is 23.7 Å². The molecule has 0 saturated carbocycles. The first-order chi connectivity index (χ1) is 13.0. The minimum Gasteiger partial charge on any atom is -0.396 e. The zero-order chi connectivity index (χ0) is 20.0. The van der Waals surface area contributed by atoms with Crippen molar-refractivity contribution < 1.29 is 19.5 Å². The van der Waals surface area contributed by atoms with Crippen LogP contribution in [0.25, 0.3) is 0 Å². The predicted octanol–water partition coefficient (Wildman–Crippen LogP) is 0.687. The summed E-state index contributed by atoms with van der Waals surface area (Å²) in [4.78, 5) is 40.2. The molecule has 0 aromatic rings. The molecule has 0 bridgehead atoms. The highest BCUT2D eigenvalue weighted by Crippen LogP contribution is 2.43. The Morgan fingerprint density at radius 3 is 2.56 bits per heavy atom. The van der Waals surface area contributed by atoms with Crippen LogP contribution in [0, 0.1) is 23.7 Å². The largest absolute Gasteiger partial charge is 0.396 e. The van der Waals surface area contributed by atoms with E-state index in [0.717, 1.165) is 12.8 Å². The number of rotatable bonds is 9. The number of hydrogen-bond acceptors (Lipinski definition) is 4. The molecule has 0 aromatic carbocycles. The smallest absolute Gasteiger partial charge is 0.243 e. The topological polar surface area (TPSA) is 98.7 Å². The summed E-state index contributed by atoms with van der Waals surface area (Å²) in [7, 11) is 1.58. The summed E-state index contributed by atoms with van der Waals surface area (Å²) in [6, 6.07) is -0.589. The molecule has 7 nitrogen and oxygen atoms in total. The number of amides is 3. The average molecular weight is 380 g/mol. The van der Waals surface area contributed by atoms with Crippen LogP contribution in [0.2, 0.25) is 0 Å². The van der Waals surface area contributed by atoms with Gasteiger partial charge in [-0.05, 0) is 25.2 Å². The van der Waals surface area contributed by atoms with Gasteiger partial charge in [-0.25, -0.2) is 0 Å². The average Bonchev–Trinajstić information content (AvgIpc) is 2.94. The van der Waals surface area contributed by atoms with Crippen molar-refractivity contribution in [2.75, 3.05) is 26.7 Å². The first kappa shape index (κ1) is 21.4. The number of aliphatic hydroxyl groups excluding tert-OH is 1. The fourth-order valence-electron chi connectivity index (χ4n) is 4.29. The molecule has 2 rings (SSSR count). The van der Waals surface area contributed by atoms with Crippen LogP contribution >= 0.6 is 0 Å². The lowest BCUT2D eigenvalue weighted by atomic mass is 9.70. The summed E-state index contributed by atoms with van der Waals surface area (Å²) >= 11 is 0. The number of unbranched alkanes of at least 4 members (excludes halogenated alkanes) is 2. The van der Waals surface area contributed by atoms with E-state index < -0.39 is 17.9 Å². The molecule has 3 amide bonds. The number of likely N-dealkylation sites (tertiary alicyclic amines) is 1. The Labute approximate surface area is 161 Å². The van der Waals surface area contributed by atoms with Gasteiger partial charge in [0.05, 0.1) is 11.8 Å². The molecule has 0 aromatic heterocycles. The number of nitrogens with zero attached hydrogens (tertiary/aromatic N) is 1. The summed E-state index contributed by atoms with van der Waals surface area (Å²) in [6.45, 7) is 5.05. The molecule has 0 radical (unpaired) electrons. The van der Waals surface area contributed by atoms with Gasteiger partial charge in [0.2, 0.25) is 17.7 Å². The van der Waals surface area contributed by atoms with Crippen LogP contribution < -0.4 is 10.6 Å². The Morgan fingerprint density at radius 1 is 1.19 bits per heavy atom. The van der Waals surface area contributed by atoms with E-state index in [9.17, 15) is 14.4 Å². The van der Waals surface area contributed by atoms with Crippen molar-refractivity contribution in [3.63, 3.8) is 0 Å². The van der Waals surface area contributed by atoms with E-state index in [0.29, 0.717) is 25.9 Å². The van der Waals surface area contributed by atoms with Crippen LogP contribution in [0.15, 0.2) is 12.2 Å². The third-order valence-electron chi connectivity index (χ3n) is 5.73. The quantitative estimate of drug-likeness (QED) is 0.405. The minimum absolute atomic E-state index is 0.0556. The SMILES string of the molecule is CCCCNC(=O)[C@@H]1[C@H]2C=C[C@@H](C)[C@@H](C(=O)NC)[C@H]2C(=O)N1CCCCO. The number of fused-ring (bicyclic) bond motifs is 1. The number of allylic oxidation sites excluding steroid dienone is 1. The molecule has 1 fully saturated rings.